The second-order valence-corrected chi connectivity index (χ2v) is 5.07. The molecule has 1 saturated heterocycles. The molecule has 2 rings (SSSR count). The molecule has 0 radical (unpaired) electrons. The highest BCUT2D eigenvalue weighted by atomic mass is 32.1. The highest BCUT2D eigenvalue weighted by Crippen LogP contribution is 2.38. The molecule has 0 saturated carbocycles. The molecule has 19 heavy (non-hydrogen) atoms. The van der Waals surface area contributed by atoms with Crippen LogP contribution in [0.15, 0.2) is 0 Å². The molecule has 104 valence electrons. The minimum absolute atomic E-state index is 0.151. The Balaban J connectivity index is 2.48. The number of carbonyl (C=O) groups is 2. The van der Waals surface area contributed by atoms with Crippen LogP contribution in [-0.2, 0) is 4.74 Å². The van der Waals surface area contributed by atoms with E-state index < -0.39 is 5.91 Å². The van der Waals surface area contributed by atoms with Crippen molar-refractivity contribution in [1.82, 2.24) is 5.32 Å². The topological polar surface area (TPSA) is 111 Å². The number of thiophene rings is 1. The maximum Gasteiger partial charge on any atom is 0.260 e. The van der Waals surface area contributed by atoms with Gasteiger partial charge in [0.05, 0.1) is 24.5 Å². The van der Waals surface area contributed by atoms with Crippen molar-refractivity contribution in [3.05, 3.63) is 10.4 Å². The number of nitrogens with two attached hydrogens (primary N) is 2. The molecule has 1 aromatic rings. The number of nitrogen functional groups attached to an aromatic ring is 1. The lowest BCUT2D eigenvalue weighted by Gasteiger charge is -2.28. The van der Waals surface area contributed by atoms with Gasteiger partial charge < -0.3 is 26.4 Å². The van der Waals surface area contributed by atoms with Gasteiger partial charge in [-0.25, -0.2) is 0 Å². The van der Waals surface area contributed by atoms with E-state index in [-0.39, 0.29) is 16.5 Å². The Morgan fingerprint density at radius 3 is 2.53 bits per heavy atom. The first-order chi connectivity index (χ1) is 9.06. The molecule has 1 aliphatic heterocycles. The first-order valence-corrected chi connectivity index (χ1v) is 6.64. The maximum atomic E-state index is 11.9. The van der Waals surface area contributed by atoms with Crippen LogP contribution < -0.4 is 21.7 Å². The van der Waals surface area contributed by atoms with E-state index in [4.69, 9.17) is 16.2 Å². The van der Waals surface area contributed by atoms with Gasteiger partial charge in [-0.05, 0) is 0 Å². The average Bonchev–Trinajstić information content (AvgIpc) is 2.77. The summed E-state index contributed by atoms with van der Waals surface area (Å²) in [6, 6.07) is 0. The lowest BCUT2D eigenvalue weighted by molar-refractivity contribution is 0.0962. The van der Waals surface area contributed by atoms with Crippen molar-refractivity contribution in [2.45, 2.75) is 0 Å². The van der Waals surface area contributed by atoms with Crippen LogP contribution in [0.2, 0.25) is 0 Å². The van der Waals surface area contributed by atoms with Crippen molar-refractivity contribution >= 4 is 33.8 Å². The van der Waals surface area contributed by atoms with Crippen molar-refractivity contribution in [2.75, 3.05) is 44.0 Å². The molecule has 2 amide bonds. The molecule has 0 bridgehead atoms. The van der Waals surface area contributed by atoms with Gasteiger partial charge in [0.15, 0.2) is 0 Å². The van der Waals surface area contributed by atoms with Crippen LogP contribution in [-0.4, -0.2) is 45.2 Å². The van der Waals surface area contributed by atoms with Crippen LogP contribution in [0.3, 0.4) is 0 Å². The number of primary amides is 1. The SMILES string of the molecule is CNC(=O)c1c(N2CCOCC2)sc(C(N)=O)c1N. The first kappa shape index (κ1) is 13.6. The zero-order valence-corrected chi connectivity index (χ0v) is 11.4. The van der Waals surface area contributed by atoms with Gasteiger partial charge in [-0.15, -0.1) is 11.3 Å². The van der Waals surface area contributed by atoms with Crippen LogP contribution in [0.4, 0.5) is 10.7 Å². The second-order valence-electron chi connectivity index (χ2n) is 4.07. The Labute approximate surface area is 114 Å². The Bertz CT molecular complexity index is 508. The van der Waals surface area contributed by atoms with E-state index in [1.165, 1.54) is 7.05 Å². The van der Waals surface area contributed by atoms with Gasteiger partial charge in [0, 0.05) is 20.1 Å². The van der Waals surface area contributed by atoms with Crippen molar-refractivity contribution < 1.29 is 14.3 Å². The van der Waals surface area contributed by atoms with E-state index in [1.54, 1.807) is 0 Å². The molecule has 0 atom stereocenters. The summed E-state index contributed by atoms with van der Waals surface area (Å²) in [5, 5.41) is 3.21. The van der Waals surface area contributed by atoms with Crippen molar-refractivity contribution in [2.24, 2.45) is 5.73 Å². The van der Waals surface area contributed by atoms with Gasteiger partial charge in [-0.1, -0.05) is 0 Å². The molecule has 0 aromatic carbocycles. The molecule has 0 spiro atoms. The van der Waals surface area contributed by atoms with Crippen molar-refractivity contribution in [1.29, 1.82) is 0 Å². The molecule has 0 unspecified atom stereocenters. The fourth-order valence-corrected chi connectivity index (χ4v) is 3.07. The quantitative estimate of drug-likeness (QED) is 0.701. The number of nitrogens with one attached hydrogen (secondary N) is 1. The highest BCUT2D eigenvalue weighted by molar-refractivity contribution is 7.19. The van der Waals surface area contributed by atoms with E-state index in [0.717, 1.165) is 11.3 Å². The van der Waals surface area contributed by atoms with Crippen LogP contribution in [0.5, 0.6) is 0 Å². The third kappa shape index (κ3) is 2.49. The second kappa shape index (κ2) is 5.45. The molecule has 5 N–H and O–H groups in total. The summed E-state index contributed by atoms with van der Waals surface area (Å²) >= 11 is 1.15. The van der Waals surface area contributed by atoms with E-state index in [9.17, 15) is 9.59 Å². The van der Waals surface area contributed by atoms with E-state index >= 15 is 0 Å². The lowest BCUT2D eigenvalue weighted by Crippen LogP contribution is -2.37. The summed E-state index contributed by atoms with van der Waals surface area (Å²) in [7, 11) is 1.52. The number of nitrogens with zero attached hydrogens (tertiary/aromatic N) is 1. The predicted octanol–water partition coefficient (Wildman–Crippen LogP) is -0.375. The Morgan fingerprint density at radius 2 is 2.00 bits per heavy atom. The van der Waals surface area contributed by atoms with Crippen molar-refractivity contribution in [3.63, 3.8) is 0 Å². The van der Waals surface area contributed by atoms with Crippen LogP contribution >= 0.6 is 11.3 Å². The molecule has 1 aromatic heterocycles. The number of carbonyl (C=O) groups excluding carboxylic acids is 2. The maximum absolute atomic E-state index is 11.9. The van der Waals surface area contributed by atoms with E-state index in [0.29, 0.717) is 36.9 Å². The minimum Gasteiger partial charge on any atom is -0.397 e. The van der Waals surface area contributed by atoms with Crippen LogP contribution in [0.25, 0.3) is 0 Å². The zero-order chi connectivity index (χ0) is 14.0. The summed E-state index contributed by atoms with van der Waals surface area (Å²) in [5.41, 5.74) is 11.6. The minimum atomic E-state index is -0.618. The molecule has 1 fully saturated rings. The molecular formula is C11H16N4O3S. The monoisotopic (exact) mass is 284 g/mol. The number of ether oxygens (including phenoxy) is 1. The van der Waals surface area contributed by atoms with E-state index in [1.807, 2.05) is 4.90 Å². The molecular weight excluding hydrogens is 268 g/mol. The largest absolute Gasteiger partial charge is 0.397 e. The highest BCUT2D eigenvalue weighted by Gasteiger charge is 2.27. The Kier molecular flexibility index (Phi) is 3.91. The predicted molar refractivity (Wildman–Crippen MR) is 73.7 cm³/mol. The summed E-state index contributed by atoms with van der Waals surface area (Å²) in [5.74, 6) is -0.935. The standard InChI is InChI=1S/C11H16N4O3S/c1-14-10(17)6-7(12)8(9(13)16)19-11(6)15-2-4-18-5-3-15/h2-5,12H2,1H3,(H2,13,16)(H,14,17). The fourth-order valence-electron chi connectivity index (χ4n) is 1.95. The Morgan fingerprint density at radius 1 is 1.37 bits per heavy atom. The van der Waals surface area contributed by atoms with Gasteiger partial charge in [0.2, 0.25) is 0 Å². The van der Waals surface area contributed by atoms with Gasteiger partial charge in [-0.3, -0.25) is 9.59 Å². The normalized spacial score (nSPS) is 15.3. The number of amides is 2. The van der Waals surface area contributed by atoms with Crippen molar-refractivity contribution in [3.8, 4) is 0 Å². The number of hydrogen-bond donors (Lipinski definition) is 3. The van der Waals surface area contributed by atoms with Gasteiger partial charge >= 0.3 is 0 Å². The van der Waals surface area contributed by atoms with Crippen LogP contribution in [0.1, 0.15) is 20.0 Å². The molecule has 2 heterocycles. The summed E-state index contributed by atoms with van der Waals surface area (Å²) in [6.45, 7) is 2.47. The third-order valence-corrected chi connectivity index (χ3v) is 4.18. The lowest BCUT2D eigenvalue weighted by atomic mass is 10.2. The summed E-state index contributed by atoms with van der Waals surface area (Å²) in [6.07, 6.45) is 0. The first-order valence-electron chi connectivity index (χ1n) is 5.83. The van der Waals surface area contributed by atoms with Crippen LogP contribution in [0, 0.1) is 0 Å². The van der Waals surface area contributed by atoms with E-state index in [2.05, 4.69) is 5.32 Å². The number of anilines is 2. The fraction of sp³-hybridized carbons (Fsp3) is 0.455. The van der Waals surface area contributed by atoms with Gasteiger partial charge in [0.25, 0.3) is 11.8 Å². The number of morpholine rings is 1. The molecule has 1 aliphatic rings. The molecule has 0 aliphatic carbocycles. The summed E-state index contributed by atoms with van der Waals surface area (Å²) < 4.78 is 5.27. The molecule has 7 nitrogen and oxygen atoms in total. The number of hydrogen-bond acceptors (Lipinski definition) is 6. The number of rotatable bonds is 3. The molecule has 8 heteroatoms. The van der Waals surface area contributed by atoms with Gasteiger partial charge in [-0.2, -0.15) is 0 Å². The smallest absolute Gasteiger partial charge is 0.260 e. The van der Waals surface area contributed by atoms with Gasteiger partial charge in [0.1, 0.15) is 9.88 Å². The zero-order valence-electron chi connectivity index (χ0n) is 10.6. The average molecular weight is 284 g/mol. The summed E-state index contributed by atoms with van der Waals surface area (Å²) in [4.78, 5) is 25.5. The Hall–Kier alpha value is -1.80. The third-order valence-electron chi connectivity index (χ3n) is 2.90.